The highest BCUT2D eigenvalue weighted by atomic mass is 32.2. The summed E-state index contributed by atoms with van der Waals surface area (Å²) in [6.07, 6.45) is 4.72. The fraction of sp³-hybridized carbons (Fsp3) is 0.684. The lowest BCUT2D eigenvalue weighted by molar-refractivity contribution is 0.0103. The smallest absolute Gasteiger partial charge is 0.415 e. The van der Waals surface area contributed by atoms with E-state index < -0.39 is 5.60 Å². The standard InChI is InChI=1S/C19H28N4O5S/c1-19(2,3)28-18(25)23-12-8-13-15(14(23)10-27-9-12)29-17(21-13)22-16(24)20-11-4-6-26-7-5-11/h8-9,11,14-15,17,21H,4-7,10H2,1-3H3,(H2,20,22,24)/t14-,15?,17?/m0/s1. The van der Waals surface area contributed by atoms with Gasteiger partial charge in [-0.1, -0.05) is 0 Å². The Morgan fingerprint density at radius 1 is 1.28 bits per heavy atom. The van der Waals surface area contributed by atoms with Crippen molar-refractivity contribution in [1.29, 1.82) is 0 Å². The third-order valence-corrected chi connectivity index (χ3v) is 6.40. The lowest BCUT2D eigenvalue weighted by Gasteiger charge is -2.41. The molecule has 2 fully saturated rings. The number of allylic oxidation sites excluding steroid dienone is 1. The van der Waals surface area contributed by atoms with Crippen LogP contribution in [0.4, 0.5) is 9.59 Å². The van der Waals surface area contributed by atoms with Gasteiger partial charge in [0.25, 0.3) is 0 Å². The first kappa shape index (κ1) is 20.2. The molecular weight excluding hydrogens is 396 g/mol. The second kappa shape index (κ2) is 7.98. The van der Waals surface area contributed by atoms with E-state index in [1.807, 2.05) is 26.8 Å². The molecule has 0 aromatic rings. The van der Waals surface area contributed by atoms with Crippen LogP contribution >= 0.6 is 11.8 Å². The number of hydrogen-bond donors (Lipinski definition) is 3. The van der Waals surface area contributed by atoms with Gasteiger partial charge >= 0.3 is 12.1 Å². The molecule has 9 nitrogen and oxygen atoms in total. The maximum atomic E-state index is 12.8. The Bertz CT molecular complexity index is 729. The van der Waals surface area contributed by atoms with Crippen LogP contribution in [0.2, 0.25) is 0 Å². The van der Waals surface area contributed by atoms with Crippen LogP contribution in [-0.4, -0.2) is 65.3 Å². The Kier molecular flexibility index (Phi) is 5.56. The molecule has 2 unspecified atom stereocenters. The van der Waals surface area contributed by atoms with Gasteiger partial charge < -0.3 is 30.2 Å². The van der Waals surface area contributed by atoms with Crippen LogP contribution in [0.5, 0.6) is 0 Å². The lowest BCUT2D eigenvalue weighted by Crippen LogP contribution is -2.53. The summed E-state index contributed by atoms with van der Waals surface area (Å²) in [6, 6.07) is -0.270. The number of hydrogen-bond acceptors (Lipinski definition) is 7. The molecule has 4 aliphatic heterocycles. The van der Waals surface area contributed by atoms with E-state index >= 15 is 0 Å². The number of carbonyl (C=O) groups excluding carboxylic acids is 2. The van der Waals surface area contributed by atoms with Crippen LogP contribution in [0.3, 0.4) is 0 Å². The van der Waals surface area contributed by atoms with Gasteiger partial charge in [0.2, 0.25) is 0 Å². The number of nitrogens with zero attached hydrogens (tertiary/aromatic N) is 1. The molecule has 4 heterocycles. The van der Waals surface area contributed by atoms with E-state index in [2.05, 4.69) is 16.0 Å². The highest BCUT2D eigenvalue weighted by molar-refractivity contribution is 8.01. The Morgan fingerprint density at radius 2 is 2.03 bits per heavy atom. The fourth-order valence-corrected chi connectivity index (χ4v) is 5.10. The molecule has 3 N–H and O–H groups in total. The zero-order valence-corrected chi connectivity index (χ0v) is 17.7. The molecular formula is C19H28N4O5S. The van der Waals surface area contributed by atoms with Gasteiger partial charge in [0, 0.05) is 25.0 Å². The first-order valence-electron chi connectivity index (χ1n) is 9.92. The molecule has 29 heavy (non-hydrogen) atoms. The van der Waals surface area contributed by atoms with E-state index in [4.69, 9.17) is 14.2 Å². The second-order valence-corrected chi connectivity index (χ2v) is 9.73. The highest BCUT2D eigenvalue weighted by Crippen LogP contribution is 2.41. The van der Waals surface area contributed by atoms with Crippen molar-refractivity contribution < 1.29 is 23.8 Å². The summed E-state index contributed by atoms with van der Waals surface area (Å²) in [5.41, 5.74) is 0.768. The first-order valence-corrected chi connectivity index (χ1v) is 10.9. The molecule has 0 saturated carbocycles. The van der Waals surface area contributed by atoms with Gasteiger partial charge in [-0.15, -0.1) is 11.8 Å². The Balaban J connectivity index is 1.39. The number of urea groups is 1. The third-order valence-electron chi connectivity index (χ3n) is 5.03. The largest absolute Gasteiger partial charge is 0.497 e. The van der Waals surface area contributed by atoms with E-state index in [0.29, 0.717) is 25.5 Å². The van der Waals surface area contributed by atoms with Crippen LogP contribution in [0.1, 0.15) is 33.6 Å². The molecule has 160 valence electrons. The average molecular weight is 425 g/mol. The van der Waals surface area contributed by atoms with Crippen molar-refractivity contribution in [2.45, 2.75) is 62.0 Å². The summed E-state index contributed by atoms with van der Waals surface area (Å²) in [6.45, 7) is 7.26. The van der Waals surface area contributed by atoms with Crippen LogP contribution in [0.25, 0.3) is 0 Å². The summed E-state index contributed by atoms with van der Waals surface area (Å²) < 4.78 is 16.5. The molecule has 2 saturated heterocycles. The molecule has 3 atom stereocenters. The minimum Gasteiger partial charge on any atom is -0.497 e. The molecule has 3 amide bonds. The van der Waals surface area contributed by atoms with E-state index in [0.717, 1.165) is 18.5 Å². The average Bonchev–Trinajstić information content (AvgIpc) is 3.02. The van der Waals surface area contributed by atoms with Crippen molar-refractivity contribution in [2.24, 2.45) is 0 Å². The quantitative estimate of drug-likeness (QED) is 0.622. The Hall–Kier alpha value is -2.07. The van der Waals surface area contributed by atoms with Crippen molar-refractivity contribution in [3.05, 3.63) is 23.7 Å². The number of carbonyl (C=O) groups is 2. The zero-order chi connectivity index (χ0) is 20.6. The minimum atomic E-state index is -0.579. The number of amides is 3. The van der Waals surface area contributed by atoms with Crippen LogP contribution in [0, 0.1) is 0 Å². The number of rotatable bonds is 2. The van der Waals surface area contributed by atoms with Crippen LogP contribution in [-0.2, 0) is 14.2 Å². The predicted molar refractivity (Wildman–Crippen MR) is 108 cm³/mol. The van der Waals surface area contributed by atoms with Gasteiger partial charge in [-0.2, -0.15) is 0 Å². The number of ether oxygens (including phenoxy) is 3. The van der Waals surface area contributed by atoms with Crippen LogP contribution < -0.4 is 16.0 Å². The van der Waals surface area contributed by atoms with Gasteiger partial charge in [0.1, 0.15) is 24.0 Å². The SMILES string of the molecule is CC(C)(C)OC(=O)N1C2=COC[C@H]1C1SC(NC(=O)NC3CCOCC3)NC1=C2. The topological polar surface area (TPSA) is 101 Å². The van der Waals surface area contributed by atoms with Gasteiger partial charge in [0.15, 0.2) is 0 Å². The summed E-state index contributed by atoms with van der Waals surface area (Å²) in [5.74, 6) is 0. The minimum absolute atomic E-state index is 0.0339. The van der Waals surface area contributed by atoms with Crippen molar-refractivity contribution in [1.82, 2.24) is 20.9 Å². The maximum absolute atomic E-state index is 12.8. The summed E-state index contributed by atoms with van der Waals surface area (Å²) >= 11 is 1.56. The Morgan fingerprint density at radius 3 is 2.76 bits per heavy atom. The number of thioether (sulfide) groups is 1. The van der Waals surface area contributed by atoms with Gasteiger partial charge in [-0.05, 0) is 39.7 Å². The first-order chi connectivity index (χ1) is 13.8. The third kappa shape index (κ3) is 4.58. The van der Waals surface area contributed by atoms with Crippen molar-refractivity contribution >= 4 is 23.9 Å². The fourth-order valence-electron chi connectivity index (χ4n) is 3.76. The second-order valence-electron chi connectivity index (χ2n) is 8.48. The van der Waals surface area contributed by atoms with E-state index in [1.165, 1.54) is 0 Å². The Labute approximate surface area is 174 Å². The van der Waals surface area contributed by atoms with Gasteiger partial charge in [0.05, 0.1) is 17.0 Å². The maximum Gasteiger partial charge on any atom is 0.415 e. The normalized spacial score (nSPS) is 28.9. The van der Waals surface area contributed by atoms with E-state index in [9.17, 15) is 9.59 Å². The molecule has 0 aromatic carbocycles. The summed E-state index contributed by atoms with van der Waals surface area (Å²) in [4.78, 5) is 26.8. The van der Waals surface area contributed by atoms with E-state index in [1.54, 1.807) is 22.9 Å². The molecule has 10 heteroatoms. The number of fused-ring (bicyclic) bond motifs is 4. The highest BCUT2D eigenvalue weighted by Gasteiger charge is 2.47. The molecule has 0 aromatic heterocycles. The van der Waals surface area contributed by atoms with Crippen molar-refractivity contribution in [3.63, 3.8) is 0 Å². The number of nitrogens with one attached hydrogen (secondary N) is 3. The van der Waals surface area contributed by atoms with Crippen molar-refractivity contribution in [3.8, 4) is 0 Å². The van der Waals surface area contributed by atoms with Gasteiger partial charge in [-0.25, -0.2) is 9.59 Å². The molecule has 0 radical (unpaired) electrons. The molecule has 4 rings (SSSR count). The lowest BCUT2D eigenvalue weighted by atomic mass is 10.0. The molecule has 0 aliphatic carbocycles. The van der Waals surface area contributed by atoms with Gasteiger partial charge in [-0.3, -0.25) is 4.90 Å². The predicted octanol–water partition coefficient (Wildman–Crippen LogP) is 1.83. The molecule has 0 spiro atoms. The zero-order valence-electron chi connectivity index (χ0n) is 16.9. The van der Waals surface area contributed by atoms with Crippen molar-refractivity contribution in [2.75, 3.05) is 19.8 Å². The van der Waals surface area contributed by atoms with E-state index in [-0.39, 0.29) is 35.0 Å². The summed E-state index contributed by atoms with van der Waals surface area (Å²) in [7, 11) is 0. The molecule has 2 bridgehead atoms. The molecule has 4 aliphatic rings. The monoisotopic (exact) mass is 424 g/mol. The van der Waals surface area contributed by atoms with Crippen LogP contribution in [0.15, 0.2) is 23.7 Å². The summed E-state index contributed by atoms with van der Waals surface area (Å²) in [5, 5.41) is 9.29.